The molecular weight excluding hydrogens is 410 g/mol. The van der Waals surface area contributed by atoms with Crippen LogP contribution >= 0.6 is 0 Å². The lowest BCUT2D eigenvalue weighted by atomic mass is 10.0. The number of benzene rings is 1. The van der Waals surface area contributed by atoms with E-state index in [-0.39, 0.29) is 17.5 Å². The number of methoxy groups -OCH3 is 1. The fourth-order valence-electron chi connectivity index (χ4n) is 3.55. The van der Waals surface area contributed by atoms with Crippen molar-refractivity contribution in [3.05, 3.63) is 81.9 Å². The van der Waals surface area contributed by atoms with E-state index < -0.39 is 0 Å². The normalized spacial score (nSPS) is 14.6. The van der Waals surface area contributed by atoms with Gasteiger partial charge in [0.25, 0.3) is 11.5 Å². The minimum Gasteiger partial charge on any atom is -0.481 e. The summed E-state index contributed by atoms with van der Waals surface area (Å²) in [4.78, 5) is 38.8. The molecule has 32 heavy (non-hydrogen) atoms. The average Bonchev–Trinajstić information content (AvgIpc) is 2.84. The minimum atomic E-state index is -0.377. The lowest BCUT2D eigenvalue weighted by Gasteiger charge is -2.27. The van der Waals surface area contributed by atoms with Crippen LogP contribution in [0.5, 0.6) is 5.88 Å². The molecule has 9 heteroatoms. The highest BCUT2D eigenvalue weighted by Gasteiger charge is 2.20. The number of carbonyl (C=O) groups excluding carboxylic acids is 1. The number of amides is 1. The van der Waals surface area contributed by atoms with Crippen LogP contribution in [0.25, 0.3) is 0 Å². The standard InChI is InChI=1S/C23H25N5O4/c1-31-21-8-7-17(15-24-21)22(30)26-19(16-5-3-2-4-6-16)13-18-14-20(29)27-23(25-18)28-9-11-32-12-10-28/h2-8,14-15,19H,9-13H2,1H3,(H,26,30)(H,25,27,29). The van der Waals surface area contributed by atoms with E-state index in [2.05, 4.69) is 20.3 Å². The molecule has 1 aliphatic heterocycles. The zero-order chi connectivity index (χ0) is 22.3. The number of hydrogen-bond donors (Lipinski definition) is 2. The Hall–Kier alpha value is -3.72. The molecule has 0 spiro atoms. The van der Waals surface area contributed by atoms with Crippen LogP contribution in [-0.2, 0) is 11.2 Å². The molecule has 1 saturated heterocycles. The molecule has 1 unspecified atom stereocenters. The maximum absolute atomic E-state index is 12.9. The zero-order valence-corrected chi connectivity index (χ0v) is 17.8. The molecule has 1 fully saturated rings. The number of carbonyl (C=O) groups is 1. The van der Waals surface area contributed by atoms with Gasteiger partial charge in [-0.1, -0.05) is 30.3 Å². The molecule has 1 aromatic carbocycles. The van der Waals surface area contributed by atoms with Crippen molar-refractivity contribution in [3.8, 4) is 5.88 Å². The van der Waals surface area contributed by atoms with Crippen molar-refractivity contribution in [2.24, 2.45) is 0 Å². The number of aromatic nitrogens is 3. The minimum absolute atomic E-state index is 0.228. The smallest absolute Gasteiger partial charge is 0.253 e. The Morgan fingerprint density at radius 1 is 1.22 bits per heavy atom. The molecule has 3 heterocycles. The number of anilines is 1. The second-order valence-electron chi connectivity index (χ2n) is 7.39. The maximum Gasteiger partial charge on any atom is 0.253 e. The summed E-state index contributed by atoms with van der Waals surface area (Å²) in [6.45, 7) is 2.50. The van der Waals surface area contributed by atoms with Gasteiger partial charge in [-0.15, -0.1) is 0 Å². The summed E-state index contributed by atoms with van der Waals surface area (Å²) in [7, 11) is 1.52. The van der Waals surface area contributed by atoms with Crippen molar-refractivity contribution in [1.82, 2.24) is 20.3 Å². The van der Waals surface area contributed by atoms with E-state index in [1.54, 1.807) is 12.1 Å². The summed E-state index contributed by atoms with van der Waals surface area (Å²) in [5, 5.41) is 3.05. The lowest BCUT2D eigenvalue weighted by Crippen LogP contribution is -2.38. The third kappa shape index (κ3) is 5.30. The van der Waals surface area contributed by atoms with Gasteiger partial charge < -0.3 is 19.7 Å². The van der Waals surface area contributed by atoms with Crippen molar-refractivity contribution >= 4 is 11.9 Å². The lowest BCUT2D eigenvalue weighted by molar-refractivity contribution is 0.0936. The van der Waals surface area contributed by atoms with Gasteiger partial charge in [0.05, 0.1) is 37.6 Å². The molecule has 4 rings (SSSR count). The van der Waals surface area contributed by atoms with Gasteiger partial charge in [0, 0.05) is 37.8 Å². The van der Waals surface area contributed by atoms with E-state index in [1.165, 1.54) is 19.4 Å². The van der Waals surface area contributed by atoms with Crippen molar-refractivity contribution in [3.63, 3.8) is 0 Å². The van der Waals surface area contributed by atoms with Gasteiger partial charge in [-0.25, -0.2) is 9.97 Å². The number of pyridine rings is 1. The Morgan fingerprint density at radius 3 is 2.69 bits per heavy atom. The molecule has 0 saturated carbocycles. The molecule has 2 N–H and O–H groups in total. The van der Waals surface area contributed by atoms with Crippen LogP contribution < -0.4 is 20.5 Å². The first-order valence-electron chi connectivity index (χ1n) is 10.4. The van der Waals surface area contributed by atoms with Crippen LogP contribution in [0.15, 0.2) is 59.5 Å². The van der Waals surface area contributed by atoms with Crippen molar-refractivity contribution < 1.29 is 14.3 Å². The summed E-state index contributed by atoms with van der Waals surface area (Å²) in [6.07, 6.45) is 1.83. The first kappa shape index (κ1) is 21.5. The van der Waals surface area contributed by atoms with Crippen molar-refractivity contribution in [1.29, 1.82) is 0 Å². The van der Waals surface area contributed by atoms with Gasteiger partial charge in [0.15, 0.2) is 0 Å². The summed E-state index contributed by atoms with van der Waals surface area (Å²) in [5.41, 5.74) is 1.70. The van der Waals surface area contributed by atoms with E-state index in [1.807, 2.05) is 35.2 Å². The third-order valence-corrected chi connectivity index (χ3v) is 5.22. The largest absolute Gasteiger partial charge is 0.481 e. The van der Waals surface area contributed by atoms with Gasteiger partial charge in [-0.05, 0) is 11.6 Å². The van der Waals surface area contributed by atoms with E-state index in [4.69, 9.17) is 9.47 Å². The van der Waals surface area contributed by atoms with Crippen LogP contribution in [0.3, 0.4) is 0 Å². The molecule has 1 aliphatic rings. The predicted molar refractivity (Wildman–Crippen MR) is 119 cm³/mol. The predicted octanol–water partition coefficient (Wildman–Crippen LogP) is 1.72. The molecule has 1 atom stereocenters. The van der Waals surface area contributed by atoms with Gasteiger partial charge in [0.2, 0.25) is 11.8 Å². The number of aromatic amines is 1. The summed E-state index contributed by atoms with van der Waals surface area (Å²) in [5.74, 6) is 0.685. The van der Waals surface area contributed by atoms with E-state index in [0.29, 0.717) is 55.8 Å². The van der Waals surface area contributed by atoms with E-state index >= 15 is 0 Å². The summed E-state index contributed by atoms with van der Waals surface area (Å²) in [6, 6.07) is 14.0. The quantitative estimate of drug-likeness (QED) is 0.582. The third-order valence-electron chi connectivity index (χ3n) is 5.22. The van der Waals surface area contributed by atoms with Gasteiger partial charge in [0.1, 0.15) is 0 Å². The monoisotopic (exact) mass is 435 g/mol. The average molecular weight is 435 g/mol. The fraction of sp³-hybridized carbons (Fsp3) is 0.304. The molecule has 1 amide bonds. The number of H-pyrrole nitrogens is 1. The second kappa shape index (κ2) is 10.1. The molecule has 9 nitrogen and oxygen atoms in total. The Kier molecular flexibility index (Phi) is 6.76. The molecule has 2 aromatic heterocycles. The van der Waals surface area contributed by atoms with Gasteiger partial charge in [-0.3, -0.25) is 14.6 Å². The molecular formula is C23H25N5O4. The molecule has 3 aromatic rings. The first-order chi connectivity index (χ1) is 15.6. The van der Waals surface area contributed by atoms with Crippen LogP contribution in [0, 0.1) is 0 Å². The van der Waals surface area contributed by atoms with Crippen molar-refractivity contribution in [2.45, 2.75) is 12.5 Å². The highest BCUT2D eigenvalue weighted by atomic mass is 16.5. The Bertz CT molecular complexity index is 1100. The Morgan fingerprint density at radius 2 is 2.00 bits per heavy atom. The maximum atomic E-state index is 12.9. The molecule has 166 valence electrons. The number of rotatable bonds is 7. The Labute approximate surface area is 185 Å². The number of ether oxygens (including phenoxy) is 2. The fourth-order valence-corrected chi connectivity index (χ4v) is 3.55. The molecule has 0 bridgehead atoms. The highest BCUT2D eigenvalue weighted by molar-refractivity contribution is 5.94. The van der Waals surface area contributed by atoms with Crippen LogP contribution in [0.4, 0.5) is 5.95 Å². The number of hydrogen-bond acceptors (Lipinski definition) is 7. The highest BCUT2D eigenvalue weighted by Crippen LogP contribution is 2.19. The number of nitrogens with one attached hydrogen (secondary N) is 2. The van der Waals surface area contributed by atoms with Gasteiger partial charge in [-0.2, -0.15) is 0 Å². The SMILES string of the molecule is COc1ccc(C(=O)NC(Cc2cc(=O)[nH]c(N3CCOCC3)n2)c2ccccc2)cn1. The van der Waals surface area contributed by atoms with E-state index in [0.717, 1.165) is 5.56 Å². The van der Waals surface area contributed by atoms with E-state index in [9.17, 15) is 9.59 Å². The molecule has 0 radical (unpaired) electrons. The summed E-state index contributed by atoms with van der Waals surface area (Å²) >= 11 is 0. The Balaban J connectivity index is 1.58. The first-order valence-corrected chi connectivity index (χ1v) is 10.4. The number of nitrogens with zero attached hydrogens (tertiary/aromatic N) is 3. The van der Waals surface area contributed by atoms with Crippen LogP contribution in [0.1, 0.15) is 27.7 Å². The topological polar surface area (TPSA) is 109 Å². The van der Waals surface area contributed by atoms with Crippen LogP contribution in [-0.4, -0.2) is 54.3 Å². The summed E-state index contributed by atoms with van der Waals surface area (Å²) < 4.78 is 10.4. The second-order valence-corrected chi connectivity index (χ2v) is 7.39. The van der Waals surface area contributed by atoms with Crippen molar-refractivity contribution in [2.75, 3.05) is 38.3 Å². The van der Waals surface area contributed by atoms with Gasteiger partial charge >= 0.3 is 0 Å². The zero-order valence-electron chi connectivity index (χ0n) is 17.8. The van der Waals surface area contributed by atoms with Crippen LogP contribution in [0.2, 0.25) is 0 Å². The molecule has 0 aliphatic carbocycles. The number of morpholine rings is 1.